The van der Waals surface area contributed by atoms with Crippen LogP contribution >= 0.6 is 0 Å². The van der Waals surface area contributed by atoms with E-state index < -0.39 is 0 Å². The number of carbonyl (C=O) groups is 1. The van der Waals surface area contributed by atoms with Crippen molar-refractivity contribution < 1.29 is 4.79 Å². The Morgan fingerprint density at radius 1 is 0.920 bits per heavy atom. The number of hydrogen-bond acceptors (Lipinski definition) is 4. The summed E-state index contributed by atoms with van der Waals surface area (Å²) in [5.41, 5.74) is 7.08. The van der Waals surface area contributed by atoms with E-state index in [1.54, 1.807) is 0 Å². The molecule has 1 aliphatic heterocycles. The summed E-state index contributed by atoms with van der Waals surface area (Å²) >= 11 is 0. The van der Waals surface area contributed by atoms with Gasteiger partial charge in [-0.3, -0.25) is 10.2 Å². The van der Waals surface area contributed by atoms with Crippen molar-refractivity contribution >= 4 is 11.6 Å². The summed E-state index contributed by atoms with van der Waals surface area (Å²) in [6, 6.07) is 17.1. The fraction of sp³-hybridized carbons (Fsp3) is 0.350. The van der Waals surface area contributed by atoms with Crippen molar-refractivity contribution in [2.75, 3.05) is 31.1 Å². The number of aryl methyl sites for hydroxylation is 2. The SMILES string of the molecule is NNC(=O)Cc1ccc(CCc2ccc(N3CCNCC3)cc2)cc1. The second-order valence-electron chi connectivity index (χ2n) is 6.46. The lowest BCUT2D eigenvalue weighted by molar-refractivity contribution is -0.120. The van der Waals surface area contributed by atoms with Crippen molar-refractivity contribution in [3.05, 3.63) is 65.2 Å². The maximum absolute atomic E-state index is 11.3. The number of amides is 1. The summed E-state index contributed by atoms with van der Waals surface area (Å²) in [6.45, 7) is 4.27. The number of rotatable bonds is 6. The van der Waals surface area contributed by atoms with Gasteiger partial charge in [-0.2, -0.15) is 0 Å². The van der Waals surface area contributed by atoms with Gasteiger partial charge in [0.05, 0.1) is 6.42 Å². The predicted octanol–water partition coefficient (Wildman–Crippen LogP) is 1.41. The number of hydrazine groups is 1. The Morgan fingerprint density at radius 2 is 1.44 bits per heavy atom. The van der Waals surface area contributed by atoms with Crippen LogP contribution in [0.25, 0.3) is 0 Å². The van der Waals surface area contributed by atoms with Crippen LogP contribution in [-0.2, 0) is 24.1 Å². The lowest BCUT2D eigenvalue weighted by Gasteiger charge is -2.29. The number of carbonyl (C=O) groups excluding carboxylic acids is 1. The van der Waals surface area contributed by atoms with Crippen LogP contribution in [-0.4, -0.2) is 32.1 Å². The molecule has 0 unspecified atom stereocenters. The highest BCUT2D eigenvalue weighted by atomic mass is 16.2. The molecule has 5 nitrogen and oxygen atoms in total. The molecule has 4 N–H and O–H groups in total. The zero-order valence-corrected chi connectivity index (χ0v) is 14.5. The summed E-state index contributed by atoms with van der Waals surface area (Å²) in [4.78, 5) is 13.7. The summed E-state index contributed by atoms with van der Waals surface area (Å²) in [7, 11) is 0. The minimum Gasteiger partial charge on any atom is -0.369 e. The highest BCUT2D eigenvalue weighted by Crippen LogP contribution is 2.17. The first-order valence-electron chi connectivity index (χ1n) is 8.86. The topological polar surface area (TPSA) is 70.4 Å². The largest absolute Gasteiger partial charge is 0.369 e. The summed E-state index contributed by atoms with van der Waals surface area (Å²) in [5, 5.41) is 3.38. The number of hydrogen-bond donors (Lipinski definition) is 3. The third-order valence-corrected chi connectivity index (χ3v) is 4.67. The van der Waals surface area contributed by atoms with E-state index in [0.29, 0.717) is 6.42 Å². The lowest BCUT2D eigenvalue weighted by atomic mass is 10.0. The van der Waals surface area contributed by atoms with Crippen LogP contribution in [0.4, 0.5) is 5.69 Å². The first-order valence-corrected chi connectivity index (χ1v) is 8.86. The monoisotopic (exact) mass is 338 g/mol. The molecule has 1 aliphatic rings. The summed E-state index contributed by atoms with van der Waals surface area (Å²) in [5.74, 6) is 4.95. The van der Waals surface area contributed by atoms with Crippen LogP contribution in [0.1, 0.15) is 16.7 Å². The Balaban J connectivity index is 1.52. The molecule has 25 heavy (non-hydrogen) atoms. The van der Waals surface area contributed by atoms with Crippen molar-refractivity contribution in [2.45, 2.75) is 19.3 Å². The first kappa shape index (κ1) is 17.5. The quantitative estimate of drug-likeness (QED) is 0.423. The van der Waals surface area contributed by atoms with E-state index in [1.807, 2.05) is 12.1 Å². The number of benzene rings is 2. The number of nitrogens with two attached hydrogens (primary N) is 1. The highest BCUT2D eigenvalue weighted by Gasteiger charge is 2.09. The van der Waals surface area contributed by atoms with Crippen molar-refractivity contribution in [3.63, 3.8) is 0 Å². The molecule has 1 fully saturated rings. The highest BCUT2D eigenvalue weighted by molar-refractivity contribution is 5.77. The second kappa shape index (κ2) is 8.65. The van der Waals surface area contributed by atoms with Gasteiger partial charge in [0.25, 0.3) is 0 Å². The second-order valence-corrected chi connectivity index (χ2v) is 6.46. The van der Waals surface area contributed by atoms with Gasteiger partial charge in [-0.1, -0.05) is 36.4 Å². The van der Waals surface area contributed by atoms with Gasteiger partial charge in [0.2, 0.25) is 5.91 Å². The first-order chi connectivity index (χ1) is 12.2. The van der Waals surface area contributed by atoms with E-state index in [1.165, 1.54) is 16.8 Å². The van der Waals surface area contributed by atoms with Crippen LogP contribution in [0.15, 0.2) is 48.5 Å². The normalized spacial score (nSPS) is 14.4. The Labute approximate surface area is 149 Å². The molecule has 5 heteroatoms. The van der Waals surface area contributed by atoms with Gasteiger partial charge < -0.3 is 10.2 Å². The number of piperazine rings is 1. The third-order valence-electron chi connectivity index (χ3n) is 4.67. The molecule has 1 amide bonds. The molecule has 0 bridgehead atoms. The molecule has 1 saturated heterocycles. The van der Waals surface area contributed by atoms with Crippen LogP contribution < -0.4 is 21.5 Å². The van der Waals surface area contributed by atoms with E-state index >= 15 is 0 Å². The molecule has 3 rings (SSSR count). The van der Waals surface area contributed by atoms with Gasteiger partial charge >= 0.3 is 0 Å². The standard InChI is InChI=1S/C20H26N4O/c21-23-20(25)15-18-5-3-16(4-6-18)1-2-17-7-9-19(10-8-17)24-13-11-22-12-14-24/h3-10,22H,1-2,11-15,21H2,(H,23,25). The Kier molecular flexibility index (Phi) is 6.04. The fourth-order valence-electron chi connectivity index (χ4n) is 3.15. The van der Waals surface area contributed by atoms with Gasteiger partial charge in [-0.05, 0) is 41.7 Å². The predicted molar refractivity (Wildman–Crippen MR) is 101 cm³/mol. The van der Waals surface area contributed by atoms with Gasteiger partial charge in [0.1, 0.15) is 0 Å². The smallest absolute Gasteiger partial charge is 0.238 e. The van der Waals surface area contributed by atoms with E-state index in [4.69, 9.17) is 5.84 Å². The molecule has 0 aromatic heterocycles. The molecule has 0 radical (unpaired) electrons. The Bertz CT molecular complexity index is 676. The van der Waals surface area contributed by atoms with Gasteiger partial charge in [0, 0.05) is 31.9 Å². The molecule has 0 saturated carbocycles. The molecule has 1 heterocycles. The van der Waals surface area contributed by atoms with Crippen molar-refractivity contribution in [1.82, 2.24) is 10.7 Å². The molecule has 0 spiro atoms. The molecule has 132 valence electrons. The van der Waals surface area contributed by atoms with E-state index in [0.717, 1.165) is 44.6 Å². The fourth-order valence-corrected chi connectivity index (χ4v) is 3.15. The van der Waals surface area contributed by atoms with E-state index in [9.17, 15) is 4.79 Å². The molecule has 0 atom stereocenters. The van der Waals surface area contributed by atoms with Crippen molar-refractivity contribution in [3.8, 4) is 0 Å². The average Bonchev–Trinajstić information content (AvgIpc) is 2.68. The summed E-state index contributed by atoms with van der Waals surface area (Å²) < 4.78 is 0. The zero-order valence-electron chi connectivity index (χ0n) is 14.5. The van der Waals surface area contributed by atoms with Gasteiger partial charge in [-0.15, -0.1) is 0 Å². The maximum atomic E-state index is 11.3. The Hall–Kier alpha value is -2.37. The molecule has 0 aliphatic carbocycles. The van der Waals surface area contributed by atoms with Gasteiger partial charge in [-0.25, -0.2) is 5.84 Å². The maximum Gasteiger partial charge on any atom is 0.238 e. The minimum absolute atomic E-state index is 0.169. The number of anilines is 1. The zero-order chi connectivity index (χ0) is 17.5. The lowest BCUT2D eigenvalue weighted by Crippen LogP contribution is -2.43. The number of nitrogens with zero attached hydrogens (tertiary/aromatic N) is 1. The number of nitrogens with one attached hydrogen (secondary N) is 2. The van der Waals surface area contributed by atoms with Gasteiger partial charge in [0.15, 0.2) is 0 Å². The van der Waals surface area contributed by atoms with E-state index in [2.05, 4.69) is 52.0 Å². The molecular formula is C20H26N4O. The molecule has 2 aromatic carbocycles. The average molecular weight is 338 g/mol. The van der Waals surface area contributed by atoms with Crippen LogP contribution in [0.3, 0.4) is 0 Å². The van der Waals surface area contributed by atoms with Crippen molar-refractivity contribution in [2.24, 2.45) is 5.84 Å². The van der Waals surface area contributed by atoms with Crippen LogP contribution in [0, 0.1) is 0 Å². The molecule has 2 aromatic rings. The van der Waals surface area contributed by atoms with Crippen LogP contribution in [0.5, 0.6) is 0 Å². The van der Waals surface area contributed by atoms with E-state index in [-0.39, 0.29) is 5.91 Å². The summed E-state index contributed by atoms with van der Waals surface area (Å²) in [6.07, 6.45) is 2.34. The third kappa shape index (κ3) is 5.05. The minimum atomic E-state index is -0.169. The Morgan fingerprint density at radius 3 is 2.00 bits per heavy atom. The molecular weight excluding hydrogens is 312 g/mol. The van der Waals surface area contributed by atoms with Crippen molar-refractivity contribution in [1.29, 1.82) is 0 Å². The van der Waals surface area contributed by atoms with Crippen LogP contribution in [0.2, 0.25) is 0 Å².